The summed E-state index contributed by atoms with van der Waals surface area (Å²) >= 11 is 0. The van der Waals surface area contributed by atoms with Crippen LogP contribution in [0.25, 0.3) is 10.8 Å². The maximum atomic E-state index is 2.16. The van der Waals surface area contributed by atoms with E-state index in [-0.39, 0.29) is 68.9 Å². The van der Waals surface area contributed by atoms with Gasteiger partial charge in [0.2, 0.25) is 0 Å². The number of benzene rings is 2. The van der Waals surface area contributed by atoms with Crippen LogP contribution in [0.2, 0.25) is 0 Å². The van der Waals surface area contributed by atoms with E-state index in [1.165, 1.54) is 16.3 Å². The van der Waals surface area contributed by atoms with Crippen LogP contribution >= 0.6 is 0 Å². The van der Waals surface area contributed by atoms with Gasteiger partial charge in [-0.2, -0.15) is 0 Å². The minimum atomic E-state index is 0. The van der Waals surface area contributed by atoms with Gasteiger partial charge in [0.25, 0.3) is 0 Å². The van der Waals surface area contributed by atoms with Crippen LogP contribution in [0.4, 0.5) is 0 Å². The van der Waals surface area contributed by atoms with E-state index in [4.69, 9.17) is 0 Å². The van der Waals surface area contributed by atoms with Crippen LogP contribution in [0.1, 0.15) is 5.56 Å². The number of hydrogen-bond acceptors (Lipinski definition) is 0. The van der Waals surface area contributed by atoms with Gasteiger partial charge in [0.1, 0.15) is 0 Å². The summed E-state index contributed by atoms with van der Waals surface area (Å²) < 4.78 is 0. The average Bonchev–Trinajstić information content (AvgIpc) is 2.06. The molecular formula is C11H11Cs. The van der Waals surface area contributed by atoms with Gasteiger partial charge < -0.3 is 0 Å². The Hall–Kier alpha value is 0.752. The Morgan fingerprint density at radius 2 is 1.50 bits per heavy atom. The molecule has 2 rings (SSSR count). The second-order valence-electron chi connectivity index (χ2n) is 2.80. The van der Waals surface area contributed by atoms with Crippen LogP contribution < -0.4 is 0 Å². The molecule has 0 nitrogen and oxygen atoms in total. The molecule has 0 heterocycles. The first-order valence-corrected chi connectivity index (χ1v) is 3.82. The third kappa shape index (κ3) is 2.16. The molecule has 2 aromatic rings. The van der Waals surface area contributed by atoms with Gasteiger partial charge in [-0.05, 0) is 23.3 Å². The first kappa shape index (κ1) is 10.8. The average molecular weight is 276 g/mol. The van der Waals surface area contributed by atoms with E-state index in [1.807, 2.05) is 0 Å². The Bertz CT molecular complexity index is 374. The van der Waals surface area contributed by atoms with Crippen molar-refractivity contribution in [1.29, 1.82) is 0 Å². The van der Waals surface area contributed by atoms with Crippen LogP contribution in [-0.2, 0) is 0 Å². The third-order valence-corrected chi connectivity index (χ3v) is 2.01. The first-order valence-electron chi connectivity index (χ1n) is 3.82. The SMILES string of the molecule is Cc1cccc2ccccc12.[CsH]. The fourth-order valence-corrected chi connectivity index (χ4v) is 1.39. The van der Waals surface area contributed by atoms with Gasteiger partial charge in [0.05, 0.1) is 0 Å². The van der Waals surface area contributed by atoms with Crippen molar-refractivity contribution in [1.82, 2.24) is 0 Å². The fourth-order valence-electron chi connectivity index (χ4n) is 1.39. The van der Waals surface area contributed by atoms with Crippen LogP contribution in [0.5, 0.6) is 0 Å². The van der Waals surface area contributed by atoms with Crippen molar-refractivity contribution >= 4 is 79.7 Å². The molecule has 0 aliphatic rings. The van der Waals surface area contributed by atoms with Gasteiger partial charge >= 0.3 is 68.9 Å². The molecule has 0 N–H and O–H groups in total. The Kier molecular flexibility index (Phi) is 4.37. The Labute approximate surface area is 132 Å². The quantitative estimate of drug-likeness (QED) is 0.693. The van der Waals surface area contributed by atoms with E-state index >= 15 is 0 Å². The monoisotopic (exact) mass is 276 g/mol. The van der Waals surface area contributed by atoms with Crippen molar-refractivity contribution in [3.8, 4) is 0 Å². The van der Waals surface area contributed by atoms with Gasteiger partial charge in [0.15, 0.2) is 0 Å². The molecule has 0 atom stereocenters. The van der Waals surface area contributed by atoms with Gasteiger partial charge in [0, 0.05) is 0 Å². The van der Waals surface area contributed by atoms with Crippen molar-refractivity contribution in [2.24, 2.45) is 0 Å². The van der Waals surface area contributed by atoms with Crippen molar-refractivity contribution in [2.75, 3.05) is 0 Å². The predicted molar refractivity (Wildman–Crippen MR) is 55.8 cm³/mol. The molecular weight excluding hydrogens is 265 g/mol. The zero-order chi connectivity index (χ0) is 7.68. The standard InChI is InChI=1S/C11H10.Cs.H/c1-9-5-4-7-10-6-2-3-8-11(9)10;;/h2-8H,1H3;;. The van der Waals surface area contributed by atoms with Gasteiger partial charge in [-0.15, -0.1) is 0 Å². The topological polar surface area (TPSA) is 0 Å². The molecule has 0 aromatic heterocycles. The second kappa shape index (κ2) is 4.84. The summed E-state index contributed by atoms with van der Waals surface area (Å²) in [6, 6.07) is 14.8. The molecule has 1 heteroatoms. The third-order valence-electron chi connectivity index (χ3n) is 2.01. The van der Waals surface area contributed by atoms with E-state index in [0.29, 0.717) is 0 Å². The molecule has 0 bridgehead atoms. The van der Waals surface area contributed by atoms with E-state index in [9.17, 15) is 0 Å². The summed E-state index contributed by atoms with van der Waals surface area (Å²) in [5.74, 6) is 0. The molecule has 0 aliphatic carbocycles. The summed E-state index contributed by atoms with van der Waals surface area (Å²) in [7, 11) is 0. The summed E-state index contributed by atoms with van der Waals surface area (Å²) in [6.45, 7) is 2.14. The molecule has 2 aromatic carbocycles. The van der Waals surface area contributed by atoms with E-state index < -0.39 is 0 Å². The van der Waals surface area contributed by atoms with Crippen LogP contribution in [0.3, 0.4) is 0 Å². The number of hydrogen-bond donors (Lipinski definition) is 0. The molecule has 0 spiro atoms. The molecule has 0 unspecified atom stereocenters. The van der Waals surface area contributed by atoms with Gasteiger partial charge in [-0.25, -0.2) is 0 Å². The molecule has 0 amide bonds. The molecule has 0 saturated carbocycles. The van der Waals surface area contributed by atoms with Crippen molar-refractivity contribution in [3.63, 3.8) is 0 Å². The summed E-state index contributed by atoms with van der Waals surface area (Å²) in [4.78, 5) is 0. The van der Waals surface area contributed by atoms with E-state index in [2.05, 4.69) is 49.4 Å². The van der Waals surface area contributed by atoms with Gasteiger partial charge in [-0.3, -0.25) is 0 Å². The molecule has 0 fully saturated rings. The second-order valence-corrected chi connectivity index (χ2v) is 2.80. The molecule has 56 valence electrons. The molecule has 0 aliphatic heterocycles. The number of fused-ring (bicyclic) bond motifs is 1. The maximum absolute atomic E-state index is 2.16. The van der Waals surface area contributed by atoms with Crippen molar-refractivity contribution < 1.29 is 0 Å². The Morgan fingerprint density at radius 1 is 0.833 bits per heavy atom. The van der Waals surface area contributed by atoms with Crippen molar-refractivity contribution in [2.45, 2.75) is 6.92 Å². The van der Waals surface area contributed by atoms with Crippen LogP contribution in [0.15, 0.2) is 42.5 Å². The van der Waals surface area contributed by atoms with Gasteiger partial charge in [-0.1, -0.05) is 42.5 Å². The summed E-state index contributed by atoms with van der Waals surface area (Å²) in [6.07, 6.45) is 0. The van der Waals surface area contributed by atoms with E-state index in [0.717, 1.165) is 0 Å². The molecule has 0 radical (unpaired) electrons. The fraction of sp³-hybridized carbons (Fsp3) is 0.0909. The normalized spacial score (nSPS) is 9.42. The molecule has 0 saturated heterocycles. The number of rotatable bonds is 0. The first-order chi connectivity index (χ1) is 5.38. The van der Waals surface area contributed by atoms with Crippen LogP contribution in [0, 0.1) is 6.92 Å². The zero-order valence-corrected chi connectivity index (χ0v) is 6.54. The summed E-state index contributed by atoms with van der Waals surface area (Å²) in [5.41, 5.74) is 1.35. The van der Waals surface area contributed by atoms with Crippen LogP contribution in [-0.4, -0.2) is 68.9 Å². The molecule has 12 heavy (non-hydrogen) atoms. The summed E-state index contributed by atoms with van der Waals surface area (Å²) in [5, 5.41) is 2.68. The number of aryl methyl sites for hydroxylation is 1. The zero-order valence-electron chi connectivity index (χ0n) is 6.54. The Balaban J connectivity index is 0.000000720. The van der Waals surface area contributed by atoms with Crippen molar-refractivity contribution in [3.05, 3.63) is 48.0 Å². The van der Waals surface area contributed by atoms with E-state index in [1.54, 1.807) is 0 Å². The Morgan fingerprint density at radius 3 is 2.25 bits per heavy atom. The predicted octanol–water partition coefficient (Wildman–Crippen LogP) is 2.50. The minimum absolute atomic E-state index is 0.